The molecule has 6 heteroatoms. The van der Waals surface area contributed by atoms with Crippen LogP contribution in [0.25, 0.3) is 21.8 Å². The average molecular weight is 364 g/mol. The summed E-state index contributed by atoms with van der Waals surface area (Å²) in [5.74, 6) is 1.29. The highest BCUT2D eigenvalue weighted by Gasteiger charge is 2.11. The van der Waals surface area contributed by atoms with E-state index in [1.807, 2.05) is 36.4 Å². The lowest BCUT2D eigenvalue weighted by atomic mass is 10.1. The van der Waals surface area contributed by atoms with E-state index >= 15 is 0 Å². The van der Waals surface area contributed by atoms with Gasteiger partial charge in [-0.25, -0.2) is 9.97 Å². The predicted molar refractivity (Wildman–Crippen MR) is 112 cm³/mol. The molecule has 5 rings (SSSR count). The second kappa shape index (κ2) is 6.92. The van der Waals surface area contributed by atoms with Gasteiger partial charge in [-0.15, -0.1) is 0 Å². The van der Waals surface area contributed by atoms with Gasteiger partial charge in [-0.3, -0.25) is 9.97 Å². The molecule has 6 nitrogen and oxygen atoms in total. The van der Waals surface area contributed by atoms with Crippen LogP contribution < -0.4 is 10.6 Å². The van der Waals surface area contributed by atoms with Crippen molar-refractivity contribution in [3.05, 3.63) is 85.5 Å². The molecule has 0 saturated heterocycles. The Hall–Kier alpha value is -4.06. The highest BCUT2D eigenvalue weighted by molar-refractivity contribution is 5.96. The molecule has 3 aromatic heterocycles. The Bertz CT molecular complexity index is 1160. The lowest BCUT2D eigenvalue weighted by Gasteiger charge is -2.14. The first-order valence-corrected chi connectivity index (χ1v) is 8.90. The number of rotatable bonds is 4. The molecule has 2 aromatic carbocycles. The Kier molecular flexibility index (Phi) is 3.99. The quantitative estimate of drug-likeness (QED) is 0.434. The number of aromatic nitrogens is 4. The van der Waals surface area contributed by atoms with Crippen molar-refractivity contribution >= 4 is 44.8 Å². The number of anilines is 4. The van der Waals surface area contributed by atoms with Crippen LogP contribution in [0.3, 0.4) is 0 Å². The zero-order chi connectivity index (χ0) is 18.8. The lowest BCUT2D eigenvalue weighted by Crippen LogP contribution is -2.03. The van der Waals surface area contributed by atoms with Gasteiger partial charge >= 0.3 is 0 Å². The molecule has 0 fully saturated rings. The zero-order valence-electron chi connectivity index (χ0n) is 14.9. The van der Waals surface area contributed by atoms with Crippen LogP contribution in [0, 0.1) is 0 Å². The molecule has 2 N–H and O–H groups in total. The minimum absolute atomic E-state index is 0.644. The average Bonchev–Trinajstić information content (AvgIpc) is 2.74. The second-order valence-electron chi connectivity index (χ2n) is 6.33. The van der Waals surface area contributed by atoms with Gasteiger partial charge in [0.1, 0.15) is 0 Å². The van der Waals surface area contributed by atoms with Crippen LogP contribution >= 0.6 is 0 Å². The highest BCUT2D eigenvalue weighted by Crippen LogP contribution is 2.29. The lowest BCUT2D eigenvalue weighted by molar-refractivity contribution is 1.25. The van der Waals surface area contributed by atoms with Gasteiger partial charge < -0.3 is 10.6 Å². The number of hydrogen-bond donors (Lipinski definition) is 2. The first-order chi connectivity index (χ1) is 13.8. The molecule has 28 heavy (non-hydrogen) atoms. The van der Waals surface area contributed by atoms with Crippen LogP contribution in [-0.4, -0.2) is 19.9 Å². The molecule has 0 unspecified atom stereocenters. The van der Waals surface area contributed by atoms with Crippen molar-refractivity contribution in [3.8, 4) is 0 Å². The fourth-order valence-electron chi connectivity index (χ4n) is 3.06. The van der Waals surface area contributed by atoms with E-state index in [2.05, 4.69) is 44.9 Å². The molecule has 5 aromatic rings. The maximum atomic E-state index is 4.84. The zero-order valence-corrected chi connectivity index (χ0v) is 14.9. The van der Waals surface area contributed by atoms with E-state index in [0.29, 0.717) is 11.6 Å². The van der Waals surface area contributed by atoms with Crippen molar-refractivity contribution in [1.82, 2.24) is 19.9 Å². The molecular formula is C22H16N6. The van der Waals surface area contributed by atoms with Crippen LogP contribution in [-0.2, 0) is 0 Å². The Balaban J connectivity index is 1.66. The van der Waals surface area contributed by atoms with E-state index in [4.69, 9.17) is 9.97 Å². The maximum Gasteiger partial charge on any atom is 0.174 e. The summed E-state index contributed by atoms with van der Waals surface area (Å²) >= 11 is 0. The topological polar surface area (TPSA) is 75.6 Å². The fraction of sp³-hybridized carbons (Fsp3) is 0. The van der Waals surface area contributed by atoms with Crippen molar-refractivity contribution in [3.63, 3.8) is 0 Å². The van der Waals surface area contributed by atoms with E-state index in [-0.39, 0.29) is 0 Å². The monoisotopic (exact) mass is 364 g/mol. The predicted octanol–water partition coefficient (Wildman–Crippen LogP) is 5.06. The van der Waals surface area contributed by atoms with E-state index in [9.17, 15) is 0 Å². The van der Waals surface area contributed by atoms with E-state index < -0.39 is 0 Å². The maximum absolute atomic E-state index is 4.84. The van der Waals surface area contributed by atoms with Crippen molar-refractivity contribution in [2.24, 2.45) is 0 Å². The minimum atomic E-state index is 0.644. The third-order valence-electron chi connectivity index (χ3n) is 4.42. The molecule has 0 saturated carbocycles. The van der Waals surface area contributed by atoms with Crippen molar-refractivity contribution in [2.45, 2.75) is 0 Å². The Labute approximate surface area is 161 Å². The van der Waals surface area contributed by atoms with Crippen LogP contribution in [0.15, 0.2) is 85.5 Å². The summed E-state index contributed by atoms with van der Waals surface area (Å²) < 4.78 is 0. The minimum Gasteiger partial charge on any atom is -0.337 e. The summed E-state index contributed by atoms with van der Waals surface area (Å²) in [6.45, 7) is 0. The van der Waals surface area contributed by atoms with E-state index in [0.717, 1.165) is 33.2 Å². The van der Waals surface area contributed by atoms with Crippen LogP contribution in [0.4, 0.5) is 23.0 Å². The fourth-order valence-corrected chi connectivity index (χ4v) is 3.06. The number of pyridine rings is 2. The van der Waals surface area contributed by atoms with Crippen LogP contribution in [0.1, 0.15) is 0 Å². The number of benzene rings is 2. The molecule has 3 heterocycles. The summed E-state index contributed by atoms with van der Waals surface area (Å²) in [7, 11) is 0. The van der Waals surface area contributed by atoms with Gasteiger partial charge in [-0.05, 0) is 47.2 Å². The Morgan fingerprint density at radius 3 is 1.39 bits per heavy atom. The van der Waals surface area contributed by atoms with Gasteiger partial charge in [0, 0.05) is 36.2 Å². The highest BCUT2D eigenvalue weighted by atomic mass is 15.1. The second-order valence-corrected chi connectivity index (χ2v) is 6.33. The largest absolute Gasteiger partial charge is 0.337 e. The molecule has 134 valence electrons. The number of nitrogens with one attached hydrogen (secondary N) is 2. The third-order valence-corrected chi connectivity index (χ3v) is 4.42. The van der Waals surface area contributed by atoms with Gasteiger partial charge in [0.15, 0.2) is 11.6 Å². The smallest absolute Gasteiger partial charge is 0.174 e. The summed E-state index contributed by atoms with van der Waals surface area (Å²) in [4.78, 5) is 17.8. The number of nitrogens with zero attached hydrogens (tertiary/aromatic N) is 4. The summed E-state index contributed by atoms with van der Waals surface area (Å²) in [6.07, 6.45) is 6.95. The molecule has 0 aliphatic rings. The first kappa shape index (κ1) is 16.1. The van der Waals surface area contributed by atoms with E-state index in [1.165, 1.54) is 0 Å². The SMILES string of the molecule is c1ccc2cc3nc(Nc4ccncc4)c(Nc4ccncc4)nc3cc2c1. The van der Waals surface area contributed by atoms with Gasteiger partial charge in [0.25, 0.3) is 0 Å². The normalized spacial score (nSPS) is 10.9. The van der Waals surface area contributed by atoms with Crippen molar-refractivity contribution in [1.29, 1.82) is 0 Å². The van der Waals surface area contributed by atoms with Crippen molar-refractivity contribution in [2.75, 3.05) is 10.6 Å². The summed E-state index contributed by atoms with van der Waals surface area (Å²) in [6, 6.07) is 19.9. The molecule has 0 aliphatic heterocycles. The molecular weight excluding hydrogens is 348 g/mol. The molecule has 0 amide bonds. The number of fused-ring (bicyclic) bond motifs is 2. The summed E-state index contributed by atoms with van der Waals surface area (Å²) in [5.41, 5.74) is 3.44. The molecule has 0 aliphatic carbocycles. The Morgan fingerprint density at radius 2 is 0.964 bits per heavy atom. The molecule has 0 spiro atoms. The van der Waals surface area contributed by atoms with Crippen LogP contribution in [0.2, 0.25) is 0 Å². The molecule has 0 bridgehead atoms. The summed E-state index contributed by atoms with van der Waals surface area (Å²) in [5, 5.41) is 8.95. The molecule has 0 atom stereocenters. The van der Waals surface area contributed by atoms with Crippen LogP contribution in [0.5, 0.6) is 0 Å². The van der Waals surface area contributed by atoms with Gasteiger partial charge in [-0.1, -0.05) is 24.3 Å². The molecule has 0 radical (unpaired) electrons. The Morgan fingerprint density at radius 1 is 0.536 bits per heavy atom. The van der Waals surface area contributed by atoms with E-state index in [1.54, 1.807) is 24.8 Å². The van der Waals surface area contributed by atoms with Gasteiger partial charge in [-0.2, -0.15) is 0 Å². The van der Waals surface area contributed by atoms with Gasteiger partial charge in [0.2, 0.25) is 0 Å². The first-order valence-electron chi connectivity index (χ1n) is 8.90. The number of hydrogen-bond acceptors (Lipinski definition) is 6. The van der Waals surface area contributed by atoms with Crippen molar-refractivity contribution < 1.29 is 0 Å². The standard InChI is InChI=1S/C22H16N6/c1-2-4-16-14-20-19(13-15(16)3-1)27-21(25-17-5-9-23-10-6-17)22(28-20)26-18-7-11-24-12-8-18/h1-14H,(H,23,25,27)(H,24,26,28). The third kappa shape index (κ3) is 3.19. The van der Waals surface area contributed by atoms with Gasteiger partial charge in [0.05, 0.1) is 11.0 Å².